The van der Waals surface area contributed by atoms with Gasteiger partial charge in [0.15, 0.2) is 0 Å². The van der Waals surface area contributed by atoms with Gasteiger partial charge in [0.1, 0.15) is 0 Å². The number of rotatable bonds is 3. The van der Waals surface area contributed by atoms with Crippen molar-refractivity contribution in [3.05, 3.63) is 64.2 Å². The maximum Gasteiger partial charge on any atom is 0.257 e. The molecule has 6 nitrogen and oxygen atoms in total. The Labute approximate surface area is 169 Å². The molecular weight excluding hydrogens is 376 g/mol. The molecule has 28 heavy (non-hydrogen) atoms. The third-order valence-corrected chi connectivity index (χ3v) is 5.18. The van der Waals surface area contributed by atoms with E-state index in [4.69, 9.17) is 16.6 Å². The molecule has 2 aromatic rings. The topological polar surface area (TPSA) is 65.0 Å². The van der Waals surface area contributed by atoms with E-state index < -0.39 is 0 Å². The lowest BCUT2D eigenvalue weighted by molar-refractivity contribution is -0.119. The molecule has 0 aliphatic carbocycles. The zero-order chi connectivity index (χ0) is 20.1. The fraction of sp³-hybridized carbons (Fsp3) is 0.286. The molecule has 2 amide bonds. The molecule has 1 saturated heterocycles. The van der Waals surface area contributed by atoms with Crippen molar-refractivity contribution >= 4 is 35.6 Å². The van der Waals surface area contributed by atoms with Gasteiger partial charge in [0.25, 0.3) is 5.91 Å². The van der Waals surface area contributed by atoms with Crippen molar-refractivity contribution in [2.75, 3.05) is 26.2 Å². The number of aliphatic imine (C=N–C) groups is 1. The number of aryl methyl sites for hydroxylation is 1. The summed E-state index contributed by atoms with van der Waals surface area (Å²) in [4.78, 5) is 32.1. The number of nitrogens with zero attached hydrogens (tertiary/aromatic N) is 3. The van der Waals surface area contributed by atoms with Gasteiger partial charge in [-0.05, 0) is 43.7 Å². The summed E-state index contributed by atoms with van der Waals surface area (Å²) in [6.45, 7) is 6.21. The van der Waals surface area contributed by atoms with Gasteiger partial charge in [-0.1, -0.05) is 35.4 Å². The normalized spacial score (nSPS) is 14.8. The zero-order valence-electron chi connectivity index (χ0n) is 16.0. The Hall–Kier alpha value is -2.86. The van der Waals surface area contributed by atoms with Crippen LogP contribution in [0.2, 0.25) is 5.02 Å². The summed E-state index contributed by atoms with van der Waals surface area (Å²) in [6.07, 6.45) is 0.847. The molecule has 2 aromatic carbocycles. The van der Waals surface area contributed by atoms with Gasteiger partial charge in [-0.2, -0.15) is 0 Å². The summed E-state index contributed by atoms with van der Waals surface area (Å²) < 4.78 is 0. The predicted octanol–water partition coefficient (Wildman–Crippen LogP) is 3.15. The molecule has 0 spiro atoms. The van der Waals surface area contributed by atoms with Crippen LogP contribution in [0.25, 0.3) is 0 Å². The Bertz CT molecular complexity index is 888. The summed E-state index contributed by atoms with van der Waals surface area (Å²) in [6, 6.07) is 12.9. The highest BCUT2D eigenvalue weighted by molar-refractivity contribution is 6.31. The Morgan fingerprint density at radius 3 is 2.39 bits per heavy atom. The third kappa shape index (κ3) is 4.70. The van der Waals surface area contributed by atoms with Gasteiger partial charge in [-0.3, -0.25) is 14.9 Å². The predicted molar refractivity (Wildman–Crippen MR) is 111 cm³/mol. The van der Waals surface area contributed by atoms with Crippen LogP contribution in [-0.2, 0) is 4.79 Å². The van der Waals surface area contributed by atoms with Gasteiger partial charge in [0, 0.05) is 36.8 Å². The Balaban J connectivity index is 1.89. The summed E-state index contributed by atoms with van der Waals surface area (Å²) in [5.41, 5.74) is 3.19. The van der Waals surface area contributed by atoms with E-state index in [1.807, 2.05) is 49.1 Å². The van der Waals surface area contributed by atoms with Crippen LogP contribution in [0, 0.1) is 13.8 Å². The number of hydrogen-bond acceptors (Lipinski definition) is 3. The molecule has 0 atom stereocenters. The van der Waals surface area contributed by atoms with Crippen LogP contribution in [0.3, 0.4) is 0 Å². The molecule has 1 N–H and O–H groups in total. The van der Waals surface area contributed by atoms with Gasteiger partial charge in [0.05, 0.1) is 5.69 Å². The average Bonchev–Trinajstić information content (AvgIpc) is 2.71. The molecule has 0 radical (unpaired) electrons. The standard InChI is InChI=1S/C21H23ClN4O2/c1-15-6-8-17(9-7-15)20(28)24-21(26-12-10-25(14-27)11-13-26)23-19-5-3-4-18(22)16(19)2/h3-9,14H,10-13H2,1-2H3,(H,23,24,28). The Morgan fingerprint density at radius 2 is 1.75 bits per heavy atom. The summed E-state index contributed by atoms with van der Waals surface area (Å²) in [7, 11) is 0. The first-order chi connectivity index (χ1) is 13.5. The first-order valence-corrected chi connectivity index (χ1v) is 9.52. The molecule has 0 saturated carbocycles. The van der Waals surface area contributed by atoms with E-state index in [2.05, 4.69) is 5.32 Å². The molecule has 3 rings (SSSR count). The number of carbonyl (C=O) groups is 2. The van der Waals surface area contributed by atoms with Crippen LogP contribution in [0.1, 0.15) is 21.5 Å². The van der Waals surface area contributed by atoms with E-state index in [9.17, 15) is 9.59 Å². The van der Waals surface area contributed by atoms with Crippen LogP contribution >= 0.6 is 11.6 Å². The Kier molecular flexibility index (Phi) is 6.31. The van der Waals surface area contributed by atoms with E-state index in [0.717, 1.165) is 17.5 Å². The number of carbonyl (C=O) groups excluding carboxylic acids is 2. The highest BCUT2D eigenvalue weighted by atomic mass is 35.5. The number of nitrogens with one attached hydrogen (secondary N) is 1. The maximum atomic E-state index is 12.8. The van der Waals surface area contributed by atoms with Gasteiger partial charge in [-0.15, -0.1) is 0 Å². The molecule has 1 aliphatic rings. The number of halogens is 1. The number of benzene rings is 2. The first kappa shape index (κ1) is 19.9. The second kappa shape index (κ2) is 8.89. The summed E-state index contributed by atoms with van der Waals surface area (Å²) >= 11 is 6.22. The largest absolute Gasteiger partial charge is 0.342 e. The van der Waals surface area contributed by atoms with E-state index in [-0.39, 0.29) is 5.91 Å². The average molecular weight is 399 g/mol. The van der Waals surface area contributed by atoms with Crippen molar-refractivity contribution in [2.24, 2.45) is 4.99 Å². The summed E-state index contributed by atoms with van der Waals surface area (Å²) in [5, 5.41) is 3.56. The first-order valence-electron chi connectivity index (χ1n) is 9.14. The van der Waals surface area contributed by atoms with Crippen LogP contribution in [-0.4, -0.2) is 54.3 Å². The van der Waals surface area contributed by atoms with Crippen molar-refractivity contribution in [2.45, 2.75) is 13.8 Å². The van der Waals surface area contributed by atoms with Crippen molar-refractivity contribution in [3.63, 3.8) is 0 Å². The van der Waals surface area contributed by atoms with Gasteiger partial charge in [-0.25, -0.2) is 4.99 Å². The van der Waals surface area contributed by atoms with E-state index >= 15 is 0 Å². The maximum absolute atomic E-state index is 12.8. The molecule has 1 fully saturated rings. The zero-order valence-corrected chi connectivity index (χ0v) is 16.7. The minimum Gasteiger partial charge on any atom is -0.342 e. The summed E-state index contributed by atoms with van der Waals surface area (Å²) in [5.74, 6) is 0.234. The lowest BCUT2D eigenvalue weighted by Crippen LogP contribution is -2.53. The van der Waals surface area contributed by atoms with Crippen LogP contribution in [0.4, 0.5) is 5.69 Å². The molecule has 7 heteroatoms. The molecular formula is C21H23ClN4O2. The fourth-order valence-electron chi connectivity index (χ4n) is 2.93. The van der Waals surface area contributed by atoms with Crippen molar-refractivity contribution in [1.29, 1.82) is 0 Å². The monoisotopic (exact) mass is 398 g/mol. The van der Waals surface area contributed by atoms with Gasteiger partial charge >= 0.3 is 0 Å². The molecule has 0 aromatic heterocycles. The van der Waals surface area contributed by atoms with Crippen molar-refractivity contribution in [3.8, 4) is 0 Å². The SMILES string of the molecule is Cc1ccc(C(=O)NC(=Nc2cccc(Cl)c2C)N2CCN(C=O)CC2)cc1. The number of hydrogen-bond donors (Lipinski definition) is 1. The fourth-order valence-corrected chi connectivity index (χ4v) is 3.10. The lowest BCUT2D eigenvalue weighted by Gasteiger charge is -2.34. The smallest absolute Gasteiger partial charge is 0.257 e. The second-order valence-electron chi connectivity index (χ2n) is 6.77. The number of amides is 2. The Morgan fingerprint density at radius 1 is 1.07 bits per heavy atom. The van der Waals surface area contributed by atoms with Crippen LogP contribution < -0.4 is 5.32 Å². The molecule has 0 unspecified atom stereocenters. The van der Waals surface area contributed by atoms with Gasteiger partial charge in [0.2, 0.25) is 12.4 Å². The third-order valence-electron chi connectivity index (χ3n) is 4.77. The van der Waals surface area contributed by atoms with Crippen molar-refractivity contribution in [1.82, 2.24) is 15.1 Å². The molecule has 1 aliphatic heterocycles. The van der Waals surface area contributed by atoms with Gasteiger partial charge < -0.3 is 9.80 Å². The van der Waals surface area contributed by atoms with E-state index in [1.54, 1.807) is 17.0 Å². The van der Waals surface area contributed by atoms with Crippen LogP contribution in [0.5, 0.6) is 0 Å². The quantitative estimate of drug-likeness (QED) is 0.490. The van der Waals surface area contributed by atoms with E-state index in [0.29, 0.717) is 48.4 Å². The highest BCUT2D eigenvalue weighted by Crippen LogP contribution is 2.25. The van der Waals surface area contributed by atoms with Crippen LogP contribution in [0.15, 0.2) is 47.5 Å². The highest BCUT2D eigenvalue weighted by Gasteiger charge is 2.21. The number of piperazine rings is 1. The molecule has 146 valence electrons. The minimum absolute atomic E-state index is 0.226. The molecule has 0 bridgehead atoms. The molecule has 1 heterocycles. The van der Waals surface area contributed by atoms with E-state index in [1.165, 1.54) is 0 Å². The number of guanidine groups is 1. The lowest BCUT2D eigenvalue weighted by atomic mass is 10.1. The minimum atomic E-state index is -0.226. The van der Waals surface area contributed by atoms with Crippen molar-refractivity contribution < 1.29 is 9.59 Å². The second-order valence-corrected chi connectivity index (χ2v) is 7.18.